The molecule has 0 aliphatic rings. The van der Waals surface area contributed by atoms with E-state index in [1.807, 2.05) is 0 Å². The number of rotatable bonds is 0. The van der Waals surface area contributed by atoms with Gasteiger partial charge in [0.1, 0.15) is 0 Å². The molecule has 0 aromatic carbocycles. The zero-order valence-corrected chi connectivity index (χ0v) is 68.2. The molecule has 0 aliphatic heterocycles. The smallest absolute Gasteiger partial charge is 0 e. The first-order valence-electron chi connectivity index (χ1n) is 1.41. The van der Waals surface area contributed by atoms with Crippen LogP contribution in [0.3, 0.4) is 0 Å². The van der Waals surface area contributed by atoms with Gasteiger partial charge in [0.05, 0.1) is 0 Å². The third kappa shape index (κ3) is 851. The predicted octanol–water partition coefficient (Wildman–Crippen LogP) is 16.3. The Balaban J connectivity index is -0.0000000000216. The Labute approximate surface area is 675 Å². The molecule has 0 saturated heterocycles. The molecule has 0 aromatic heterocycles. The first-order chi connectivity index (χ1) is 2.00. The Morgan fingerprint density at radius 1 is 0.130 bits per heavy atom. The van der Waals surface area contributed by atoms with Crippen LogP contribution in [0.15, 0.2) is 0 Å². The minimum absolute atomic E-state index is 0. The van der Waals surface area contributed by atoms with Crippen molar-refractivity contribution in [1.82, 2.24) is 0 Å². The first kappa shape index (κ1) is 737. The standard InChI is InChI=1S/2C2H5.11CH4.17CH3.14Y/c2*1-2;;;;;;;;;;;;;;;;;;;;;;;;;;;;;;;;;;;;;;;;;;/h2*1H2,2H3;11*1H4;17*1H3;;;;;;;;;;;;;;/q2*-1;;;;;;;;;;;;17*-1;;;;;;;;;;;;;;. The molecule has 0 atom stereocenters. The van der Waals surface area contributed by atoms with Crippen LogP contribution in [-0.2, 0) is 458 Å². The van der Waals surface area contributed by atoms with Crippen molar-refractivity contribution in [3.05, 3.63) is 140 Å². The molecule has 0 aromatic rings. The molecular weight excluding hydrogens is 1630 g/mol. The van der Waals surface area contributed by atoms with E-state index in [4.69, 9.17) is 0 Å². The zero-order chi connectivity index (χ0) is 4.00. The maximum atomic E-state index is 3.25. The van der Waals surface area contributed by atoms with Gasteiger partial charge in [-0.25, -0.2) is 0 Å². The van der Waals surface area contributed by atoms with Crippen molar-refractivity contribution in [2.75, 3.05) is 0 Å². The van der Waals surface area contributed by atoms with Crippen molar-refractivity contribution in [1.29, 1.82) is 0 Å². The molecule has 294 valence electrons. The van der Waals surface area contributed by atoms with E-state index < -0.39 is 0 Å². The van der Waals surface area contributed by atoms with Crippen LogP contribution in [0.2, 0.25) is 0 Å². The van der Waals surface area contributed by atoms with E-state index in [-0.39, 0.29) is 666 Å². The van der Waals surface area contributed by atoms with E-state index in [1.54, 1.807) is 13.8 Å². The number of hydrogen-bond donors (Lipinski definition) is 0. The molecule has 14 radical (unpaired) electrons. The van der Waals surface area contributed by atoms with Crippen molar-refractivity contribution in [3.63, 3.8) is 0 Å². The molecule has 0 heterocycles. The molecule has 0 amide bonds. The van der Waals surface area contributed by atoms with Gasteiger partial charge in [-0.1, -0.05) is 81.7 Å². The van der Waals surface area contributed by atoms with Crippen LogP contribution in [0.1, 0.15) is 95.5 Å². The summed E-state index contributed by atoms with van der Waals surface area (Å²) in [7, 11) is 0. The fraction of sp³-hybridized carbons (Fsp3) is 0.406. The minimum Gasteiger partial charge on any atom is -0.358 e. The van der Waals surface area contributed by atoms with E-state index in [0.717, 1.165) is 0 Å². The van der Waals surface area contributed by atoms with Gasteiger partial charge in [-0.2, -0.15) is 13.8 Å². The summed E-state index contributed by atoms with van der Waals surface area (Å²) in [4.78, 5) is 0. The van der Waals surface area contributed by atoms with Crippen molar-refractivity contribution in [3.8, 4) is 0 Å². The van der Waals surface area contributed by atoms with Crippen LogP contribution in [0, 0.1) is 140 Å². The van der Waals surface area contributed by atoms with Crippen molar-refractivity contribution in [2.45, 2.75) is 95.5 Å². The van der Waals surface area contributed by atoms with Crippen molar-refractivity contribution in [2.24, 2.45) is 0 Å². The molecule has 0 aliphatic carbocycles. The predicted molar refractivity (Wildman–Crippen MR) is 205 cm³/mol. The molecule has 0 spiro atoms. The summed E-state index contributed by atoms with van der Waals surface area (Å²) in [6.45, 7) is 10.0. The van der Waals surface area contributed by atoms with Crippen LogP contribution in [0.4, 0.5) is 0 Å². The van der Waals surface area contributed by atoms with E-state index in [9.17, 15) is 0 Å². The molecule has 0 saturated carbocycles. The Morgan fingerprint density at radius 2 is 0.130 bits per heavy atom. The topological polar surface area (TPSA) is 0 Å². The normalized spacial score (nSPS) is 0.261. The quantitative estimate of drug-likeness (QED) is 0.212. The van der Waals surface area contributed by atoms with Gasteiger partial charge in [0.2, 0.25) is 0 Å². The summed E-state index contributed by atoms with van der Waals surface area (Å²) in [5, 5.41) is 0. The van der Waals surface area contributed by atoms with Gasteiger partial charge in [-0.3, -0.25) is 0 Å². The maximum Gasteiger partial charge on any atom is 0 e. The number of hydrogen-bond acceptors (Lipinski definition) is 0. The Bertz CT molecular complexity index is 40.8. The fourth-order valence-electron chi connectivity index (χ4n) is 0. The van der Waals surface area contributed by atoms with Gasteiger partial charge in [-0.05, 0) is 0 Å². The molecule has 46 heavy (non-hydrogen) atoms. The van der Waals surface area contributed by atoms with Gasteiger partial charge in [0, 0.05) is 458 Å². The SMILES string of the molecule is C.C.C.C.C.C.C.C.C.C.C.[CH2-]C.[CH2-]C.[CH3-].[CH3-].[CH3-].[CH3-].[CH3-].[CH3-].[CH3-].[CH3-].[CH3-].[CH3-].[CH3-].[CH3-].[CH3-].[CH3-].[CH3-].[CH3-].[CH3-].[Y].[Y].[Y].[Y].[Y].[Y].[Y].[Y].[Y].[Y].[Y].[Y].[Y].[Y]. The van der Waals surface area contributed by atoms with Gasteiger partial charge in [0.15, 0.2) is 0 Å². The van der Waals surface area contributed by atoms with Gasteiger partial charge < -0.3 is 140 Å². The molecule has 0 unspecified atom stereocenters. The molecule has 0 nitrogen and oxygen atoms in total. The fourth-order valence-corrected chi connectivity index (χ4v) is 0. The van der Waals surface area contributed by atoms with E-state index >= 15 is 0 Å². The first-order valence-corrected chi connectivity index (χ1v) is 1.41. The van der Waals surface area contributed by atoms with Gasteiger partial charge in [0.25, 0.3) is 0 Å². The molecule has 0 N–H and O–H groups in total. The summed E-state index contributed by atoms with van der Waals surface area (Å²) >= 11 is 0. The third-order valence-corrected chi connectivity index (χ3v) is 0. The maximum absolute atomic E-state index is 3.25. The van der Waals surface area contributed by atoms with E-state index in [0.29, 0.717) is 0 Å². The second kappa shape index (κ2) is 895. The summed E-state index contributed by atoms with van der Waals surface area (Å²) < 4.78 is 0. The van der Waals surface area contributed by atoms with Crippen LogP contribution in [0.25, 0.3) is 0 Å². The van der Waals surface area contributed by atoms with Gasteiger partial charge >= 0.3 is 0 Å². The van der Waals surface area contributed by atoms with Gasteiger partial charge in [-0.15, -0.1) is 0 Å². The Hall–Kier alpha value is 15.5. The zero-order valence-electron chi connectivity index (χ0n) is 28.5. The third-order valence-electron chi connectivity index (χ3n) is 0. The summed E-state index contributed by atoms with van der Waals surface area (Å²) in [5.74, 6) is 0. The van der Waals surface area contributed by atoms with Crippen molar-refractivity contribution < 1.29 is 458 Å². The summed E-state index contributed by atoms with van der Waals surface area (Å²) in [6.07, 6.45) is 0. The minimum atomic E-state index is 0. The molecular formula is C32H105Y14-19. The summed E-state index contributed by atoms with van der Waals surface area (Å²) in [6, 6.07) is 0. The Kier molecular flexibility index (Phi) is 14300. The summed E-state index contributed by atoms with van der Waals surface area (Å²) in [5.41, 5.74) is 0. The Morgan fingerprint density at radius 3 is 0.130 bits per heavy atom. The average Bonchev–Trinajstić information content (AvgIpc) is 1.50. The van der Waals surface area contributed by atoms with Crippen LogP contribution in [-0.4, -0.2) is 0 Å². The molecule has 0 bridgehead atoms. The van der Waals surface area contributed by atoms with Crippen molar-refractivity contribution >= 4 is 0 Å². The molecule has 0 rings (SSSR count). The van der Waals surface area contributed by atoms with E-state index in [1.165, 1.54) is 0 Å². The second-order valence-electron chi connectivity index (χ2n) is 0. The largest absolute Gasteiger partial charge is 0.358 e. The average molecular weight is 1730 g/mol. The van der Waals surface area contributed by atoms with Crippen LogP contribution >= 0.6 is 0 Å². The van der Waals surface area contributed by atoms with E-state index in [2.05, 4.69) is 13.8 Å². The second-order valence-corrected chi connectivity index (χ2v) is 0. The molecule has 0 fully saturated rings. The monoisotopic (exact) mass is 1730 g/mol. The molecule has 14 heteroatoms. The van der Waals surface area contributed by atoms with Crippen LogP contribution in [0.5, 0.6) is 0 Å². The van der Waals surface area contributed by atoms with Crippen LogP contribution < -0.4 is 0 Å².